The number of hydrogen-bond acceptors (Lipinski definition) is 0. The second kappa shape index (κ2) is 10.3. The molecular weight excluding hydrogens is 470 g/mol. The topological polar surface area (TPSA) is 0 Å². The van der Waals surface area contributed by atoms with Crippen molar-refractivity contribution in [2.75, 3.05) is 4.43 Å². The van der Waals surface area contributed by atoms with E-state index < -0.39 is 0 Å². The van der Waals surface area contributed by atoms with Crippen LogP contribution >= 0.6 is 45.2 Å². The first-order valence-corrected chi connectivity index (χ1v) is 11.8. The molecule has 2 aliphatic rings. The molecule has 2 bridgehead atoms. The van der Waals surface area contributed by atoms with Crippen molar-refractivity contribution in [1.29, 1.82) is 0 Å². The Morgan fingerprint density at radius 3 is 1.90 bits per heavy atom. The van der Waals surface area contributed by atoms with Crippen LogP contribution in [0.25, 0.3) is 0 Å². The van der Waals surface area contributed by atoms with E-state index in [0.29, 0.717) is 0 Å². The second-order valence-electron chi connectivity index (χ2n) is 7.19. The van der Waals surface area contributed by atoms with Crippen LogP contribution < -0.4 is 0 Å². The Kier molecular flexibility index (Phi) is 9.15. The summed E-state index contributed by atoms with van der Waals surface area (Å²) in [4.78, 5) is 0. The fraction of sp³-hybridized carbons (Fsp3) is 1.00. The second-order valence-corrected chi connectivity index (χ2v) is 9.67. The summed E-state index contributed by atoms with van der Waals surface area (Å²) in [7, 11) is 0. The van der Waals surface area contributed by atoms with E-state index in [0.717, 1.165) is 21.7 Å². The van der Waals surface area contributed by atoms with Crippen molar-refractivity contribution in [3.63, 3.8) is 0 Å². The number of alkyl halides is 2. The molecule has 0 radical (unpaired) electrons. The predicted octanol–water partition coefficient (Wildman–Crippen LogP) is 7.17. The standard InChI is InChI=1S/C18H32I2/c19-14-18(20)17-13-15-10-8-6-4-2-1-3-5-7-9-11-16(17)12-15/h15-18H,1-14H2. The van der Waals surface area contributed by atoms with E-state index in [1.54, 1.807) is 12.8 Å². The maximum Gasteiger partial charge on any atom is 0.0230 e. The van der Waals surface area contributed by atoms with E-state index in [-0.39, 0.29) is 0 Å². The van der Waals surface area contributed by atoms with Crippen molar-refractivity contribution < 1.29 is 0 Å². The minimum Gasteiger partial charge on any atom is -0.0852 e. The van der Waals surface area contributed by atoms with Crippen LogP contribution in [-0.2, 0) is 0 Å². The third kappa shape index (κ3) is 5.92. The summed E-state index contributed by atoms with van der Waals surface area (Å²) in [5.74, 6) is 3.19. The van der Waals surface area contributed by atoms with Crippen LogP contribution in [0.2, 0.25) is 0 Å². The van der Waals surface area contributed by atoms with Crippen LogP contribution in [0.1, 0.15) is 83.5 Å². The van der Waals surface area contributed by atoms with Crippen LogP contribution in [0.4, 0.5) is 0 Å². The Balaban J connectivity index is 1.87. The van der Waals surface area contributed by atoms with Crippen LogP contribution in [0, 0.1) is 17.8 Å². The molecule has 0 aromatic heterocycles. The lowest BCUT2D eigenvalue weighted by molar-refractivity contribution is 0.355. The van der Waals surface area contributed by atoms with Crippen molar-refractivity contribution >= 4 is 45.2 Å². The minimum absolute atomic E-state index is 0.930. The number of rotatable bonds is 2. The van der Waals surface area contributed by atoms with Gasteiger partial charge in [0.2, 0.25) is 0 Å². The maximum atomic E-state index is 2.75. The van der Waals surface area contributed by atoms with E-state index in [4.69, 9.17) is 0 Å². The van der Waals surface area contributed by atoms with Crippen LogP contribution in [-0.4, -0.2) is 8.35 Å². The molecule has 2 fully saturated rings. The third-order valence-electron chi connectivity index (χ3n) is 5.65. The van der Waals surface area contributed by atoms with Gasteiger partial charge >= 0.3 is 0 Å². The van der Waals surface area contributed by atoms with Gasteiger partial charge in [0.15, 0.2) is 0 Å². The number of halogens is 2. The van der Waals surface area contributed by atoms with Gasteiger partial charge in [-0.05, 0) is 30.6 Å². The lowest BCUT2D eigenvalue weighted by atomic mass is 9.88. The Morgan fingerprint density at radius 2 is 1.30 bits per heavy atom. The predicted molar refractivity (Wildman–Crippen MR) is 107 cm³/mol. The summed E-state index contributed by atoms with van der Waals surface area (Å²) in [5.41, 5.74) is 0. The molecular formula is C18H32I2. The van der Waals surface area contributed by atoms with Crippen molar-refractivity contribution in [2.45, 2.75) is 87.4 Å². The molecule has 20 heavy (non-hydrogen) atoms. The zero-order valence-corrected chi connectivity index (χ0v) is 17.3. The van der Waals surface area contributed by atoms with Gasteiger partial charge in [-0.2, -0.15) is 0 Å². The highest BCUT2D eigenvalue weighted by atomic mass is 127. The summed E-state index contributed by atoms with van der Waals surface area (Å²) < 4.78 is 2.28. The molecule has 4 unspecified atom stereocenters. The maximum absolute atomic E-state index is 2.75. The molecule has 0 amide bonds. The third-order valence-corrected chi connectivity index (χ3v) is 9.64. The van der Waals surface area contributed by atoms with Gasteiger partial charge in [0.1, 0.15) is 0 Å². The van der Waals surface area contributed by atoms with E-state index in [9.17, 15) is 0 Å². The molecule has 2 heteroatoms. The summed E-state index contributed by atoms with van der Waals surface area (Å²) >= 11 is 5.36. The molecule has 0 heterocycles. The normalized spacial score (nSPS) is 35.4. The monoisotopic (exact) mass is 502 g/mol. The largest absolute Gasteiger partial charge is 0.0852 e. The first-order valence-electron chi connectivity index (χ1n) is 9.01. The molecule has 2 aliphatic carbocycles. The van der Waals surface area contributed by atoms with Crippen LogP contribution in [0.15, 0.2) is 0 Å². The van der Waals surface area contributed by atoms with Crippen molar-refractivity contribution in [3.8, 4) is 0 Å². The number of fused-ring (bicyclic) bond motifs is 2. The average Bonchev–Trinajstić information content (AvgIpc) is 2.86. The zero-order chi connectivity index (χ0) is 14.2. The number of hydrogen-bond donors (Lipinski definition) is 0. The Morgan fingerprint density at radius 1 is 0.750 bits per heavy atom. The average molecular weight is 502 g/mol. The molecule has 0 saturated heterocycles. The van der Waals surface area contributed by atoms with Crippen LogP contribution in [0.3, 0.4) is 0 Å². The molecule has 118 valence electrons. The Hall–Kier alpha value is 1.46. The first-order chi connectivity index (χ1) is 9.81. The molecule has 2 rings (SSSR count). The quantitative estimate of drug-likeness (QED) is 0.278. The summed E-state index contributed by atoms with van der Waals surface area (Å²) in [6.07, 6.45) is 19.7. The van der Waals surface area contributed by atoms with Gasteiger partial charge in [-0.3, -0.25) is 0 Å². The smallest absolute Gasteiger partial charge is 0.0230 e. The molecule has 0 nitrogen and oxygen atoms in total. The van der Waals surface area contributed by atoms with Gasteiger partial charge in [-0.1, -0.05) is 116 Å². The minimum atomic E-state index is 0.930. The summed E-state index contributed by atoms with van der Waals surface area (Å²) in [6.45, 7) is 0. The highest BCUT2D eigenvalue weighted by Crippen LogP contribution is 2.45. The molecule has 0 aromatic carbocycles. The van der Waals surface area contributed by atoms with Crippen molar-refractivity contribution in [1.82, 2.24) is 0 Å². The molecule has 0 N–H and O–H groups in total. The van der Waals surface area contributed by atoms with Gasteiger partial charge in [0, 0.05) is 8.35 Å². The van der Waals surface area contributed by atoms with Gasteiger partial charge in [0.25, 0.3) is 0 Å². The Bertz CT molecular complexity index is 254. The highest BCUT2D eigenvalue weighted by molar-refractivity contribution is 14.1. The molecule has 0 aliphatic heterocycles. The molecule has 2 saturated carbocycles. The fourth-order valence-corrected chi connectivity index (χ4v) is 6.01. The lowest BCUT2D eigenvalue weighted by Crippen LogP contribution is -2.20. The van der Waals surface area contributed by atoms with E-state index in [2.05, 4.69) is 45.2 Å². The van der Waals surface area contributed by atoms with E-state index >= 15 is 0 Å². The SMILES string of the molecule is ICC(I)C1CC2CCCCCCCCCCCC1C2. The summed E-state index contributed by atoms with van der Waals surface area (Å²) in [5, 5.41) is 0. The first kappa shape index (κ1) is 17.8. The zero-order valence-electron chi connectivity index (χ0n) is 13.0. The van der Waals surface area contributed by atoms with Gasteiger partial charge in [0.05, 0.1) is 0 Å². The van der Waals surface area contributed by atoms with E-state index in [1.165, 1.54) is 75.1 Å². The van der Waals surface area contributed by atoms with Crippen molar-refractivity contribution in [3.05, 3.63) is 0 Å². The summed E-state index contributed by atoms with van der Waals surface area (Å²) in [6, 6.07) is 0. The highest BCUT2D eigenvalue weighted by Gasteiger charge is 2.36. The Labute approximate surface area is 153 Å². The van der Waals surface area contributed by atoms with Gasteiger partial charge in [-0.15, -0.1) is 0 Å². The molecule has 0 spiro atoms. The lowest BCUT2D eigenvalue weighted by Gasteiger charge is -2.23. The van der Waals surface area contributed by atoms with Crippen molar-refractivity contribution in [2.24, 2.45) is 17.8 Å². The molecule has 4 atom stereocenters. The fourth-order valence-electron chi connectivity index (χ4n) is 4.48. The van der Waals surface area contributed by atoms with Crippen LogP contribution in [0.5, 0.6) is 0 Å². The van der Waals surface area contributed by atoms with E-state index in [1.807, 2.05) is 0 Å². The van der Waals surface area contributed by atoms with Gasteiger partial charge < -0.3 is 0 Å². The van der Waals surface area contributed by atoms with Gasteiger partial charge in [-0.25, -0.2) is 0 Å². The molecule has 0 aromatic rings.